The van der Waals surface area contributed by atoms with Gasteiger partial charge in [0.25, 0.3) is 5.91 Å². The Morgan fingerprint density at radius 2 is 1.65 bits per heavy atom. The van der Waals surface area contributed by atoms with Gasteiger partial charge >= 0.3 is 0 Å². The third-order valence-corrected chi connectivity index (χ3v) is 8.33. The molecule has 1 aliphatic heterocycles. The van der Waals surface area contributed by atoms with Crippen LogP contribution in [0.5, 0.6) is 5.75 Å². The minimum atomic E-state index is -1.43. The summed E-state index contributed by atoms with van der Waals surface area (Å²) in [4.78, 5) is 19.4. The van der Waals surface area contributed by atoms with E-state index < -0.39 is 11.6 Å². The van der Waals surface area contributed by atoms with Crippen molar-refractivity contribution in [3.63, 3.8) is 0 Å². The van der Waals surface area contributed by atoms with E-state index in [1.807, 2.05) is 42.5 Å². The molecule has 0 unspecified atom stereocenters. The van der Waals surface area contributed by atoms with Crippen molar-refractivity contribution in [1.82, 2.24) is 5.32 Å². The molecule has 0 radical (unpaired) electrons. The molecule has 0 aliphatic carbocycles. The van der Waals surface area contributed by atoms with E-state index in [-0.39, 0.29) is 25.5 Å². The summed E-state index contributed by atoms with van der Waals surface area (Å²) in [6.45, 7) is 0.635. The van der Waals surface area contributed by atoms with Crippen molar-refractivity contribution < 1.29 is 19.4 Å². The molecule has 1 aliphatic rings. The van der Waals surface area contributed by atoms with Crippen LogP contribution in [-0.4, -0.2) is 35.7 Å². The first-order chi connectivity index (χ1) is 20.8. The number of nitrogens with zero attached hydrogens (tertiary/aromatic N) is 1. The number of benzene rings is 4. The van der Waals surface area contributed by atoms with Crippen LogP contribution in [0.15, 0.2) is 96.0 Å². The molecule has 1 amide bonds. The minimum Gasteiger partial charge on any atom is -0.494 e. The highest BCUT2D eigenvalue weighted by Gasteiger charge is 2.53. The maximum Gasteiger partial charge on any atom is 0.252 e. The van der Waals surface area contributed by atoms with Crippen LogP contribution < -0.4 is 10.1 Å². The van der Waals surface area contributed by atoms with Crippen LogP contribution in [0.1, 0.15) is 34.8 Å². The quantitative estimate of drug-likeness (QED) is 0.161. The molecule has 0 aromatic heterocycles. The summed E-state index contributed by atoms with van der Waals surface area (Å²) >= 11 is 25.3. The molecule has 0 saturated heterocycles. The Balaban J connectivity index is 1.56. The summed E-state index contributed by atoms with van der Waals surface area (Å²) in [5.74, 6) is 0.582. The van der Waals surface area contributed by atoms with Gasteiger partial charge in [0.2, 0.25) is 5.90 Å². The number of rotatable bonds is 11. The lowest BCUT2D eigenvalue weighted by molar-refractivity contribution is -0.129. The van der Waals surface area contributed by atoms with Gasteiger partial charge in [-0.3, -0.25) is 4.79 Å². The Hall–Kier alpha value is -3.26. The van der Waals surface area contributed by atoms with Gasteiger partial charge in [0, 0.05) is 47.2 Å². The van der Waals surface area contributed by atoms with Crippen LogP contribution in [0.2, 0.25) is 20.1 Å². The average Bonchev–Trinajstić information content (AvgIpc) is 3.38. The van der Waals surface area contributed by atoms with Crippen molar-refractivity contribution in [1.29, 1.82) is 0 Å². The molecule has 0 spiro atoms. The SMILES string of the molecule is O=C(NCc1ccc(Cl)c(Cl)c1)[C@]1(Cc2ccccc2)N=C(c2ccc(OCCCO)cc2)O[C@@H]1c1ccc(Cl)cc1Cl. The van der Waals surface area contributed by atoms with Crippen molar-refractivity contribution in [3.05, 3.63) is 133 Å². The van der Waals surface area contributed by atoms with E-state index in [0.717, 1.165) is 11.1 Å². The first-order valence-electron chi connectivity index (χ1n) is 13.6. The van der Waals surface area contributed by atoms with Crippen LogP contribution >= 0.6 is 46.4 Å². The fraction of sp³-hybridized carbons (Fsp3) is 0.212. The molecule has 0 fully saturated rings. The monoisotopic (exact) mass is 656 g/mol. The molecule has 0 bridgehead atoms. The first-order valence-corrected chi connectivity index (χ1v) is 15.1. The summed E-state index contributed by atoms with van der Waals surface area (Å²) in [6.07, 6.45) is -0.112. The number of amides is 1. The summed E-state index contributed by atoms with van der Waals surface area (Å²) in [7, 11) is 0. The van der Waals surface area contributed by atoms with Gasteiger partial charge in [0.05, 0.1) is 16.7 Å². The third-order valence-electron chi connectivity index (χ3n) is 7.03. The maximum atomic E-state index is 14.4. The topological polar surface area (TPSA) is 80.2 Å². The number of hydrogen-bond acceptors (Lipinski definition) is 5. The normalized spacial score (nSPS) is 17.7. The van der Waals surface area contributed by atoms with Crippen molar-refractivity contribution in [2.24, 2.45) is 4.99 Å². The molecule has 1 heterocycles. The molecule has 5 rings (SSSR count). The first kappa shape index (κ1) is 31.2. The van der Waals surface area contributed by atoms with Gasteiger partial charge in [-0.1, -0.05) is 88.9 Å². The Bertz CT molecular complexity index is 1620. The lowest BCUT2D eigenvalue weighted by atomic mass is 9.82. The molecule has 0 saturated carbocycles. The summed E-state index contributed by atoms with van der Waals surface area (Å²) in [5.41, 5.74) is 1.48. The van der Waals surface area contributed by atoms with Crippen LogP contribution in [-0.2, 0) is 22.5 Å². The third kappa shape index (κ3) is 7.28. The second-order valence-corrected chi connectivity index (χ2v) is 11.7. The Morgan fingerprint density at radius 1 is 0.884 bits per heavy atom. The zero-order valence-corrected chi connectivity index (χ0v) is 25.9. The lowest BCUT2D eigenvalue weighted by Crippen LogP contribution is -2.49. The van der Waals surface area contributed by atoms with E-state index in [4.69, 9.17) is 66.0 Å². The standard InChI is InChI=1S/C33H28Cl4N2O4/c34-24-10-13-26(28(36)18-24)30-33(19-21-5-2-1-3-6-21,32(41)38-20-22-7-14-27(35)29(37)17-22)39-31(43-30)23-8-11-25(12-9-23)42-16-4-15-40/h1-3,5-14,17-18,30,40H,4,15-16,19-20H2,(H,38,41)/t30-,33-/m1/s1. The number of aliphatic hydroxyl groups excluding tert-OH is 1. The maximum absolute atomic E-state index is 14.4. The largest absolute Gasteiger partial charge is 0.494 e. The molecular formula is C33H28Cl4N2O4. The highest BCUT2D eigenvalue weighted by atomic mass is 35.5. The van der Waals surface area contributed by atoms with Gasteiger partial charge in [-0.25, -0.2) is 4.99 Å². The number of aliphatic hydroxyl groups is 1. The van der Waals surface area contributed by atoms with Crippen molar-refractivity contribution in [2.45, 2.75) is 31.0 Å². The molecule has 6 nitrogen and oxygen atoms in total. The van der Waals surface area contributed by atoms with Gasteiger partial charge in [-0.2, -0.15) is 0 Å². The van der Waals surface area contributed by atoms with E-state index >= 15 is 0 Å². The fourth-order valence-corrected chi connectivity index (χ4v) is 5.69. The summed E-state index contributed by atoms with van der Waals surface area (Å²) in [5, 5.41) is 13.7. The lowest BCUT2D eigenvalue weighted by Gasteiger charge is -2.31. The number of aliphatic imine (C=N–C) groups is 1. The van der Waals surface area contributed by atoms with E-state index in [9.17, 15) is 4.79 Å². The highest BCUT2D eigenvalue weighted by molar-refractivity contribution is 6.42. The van der Waals surface area contributed by atoms with Gasteiger partial charge < -0.3 is 19.9 Å². The van der Waals surface area contributed by atoms with Gasteiger partial charge in [0.15, 0.2) is 11.6 Å². The van der Waals surface area contributed by atoms with Crippen molar-refractivity contribution >= 4 is 58.2 Å². The Labute approximate surface area is 270 Å². The molecule has 4 aromatic rings. The zero-order chi connectivity index (χ0) is 30.4. The van der Waals surface area contributed by atoms with E-state index in [0.29, 0.717) is 55.9 Å². The van der Waals surface area contributed by atoms with Gasteiger partial charge in [0.1, 0.15) is 5.75 Å². The van der Waals surface area contributed by atoms with Gasteiger partial charge in [-0.15, -0.1) is 0 Å². The number of halogens is 4. The average molecular weight is 658 g/mol. The predicted octanol–water partition coefficient (Wildman–Crippen LogP) is 7.88. The molecule has 2 N–H and O–H groups in total. The second kappa shape index (κ2) is 14.0. The zero-order valence-electron chi connectivity index (χ0n) is 22.9. The predicted molar refractivity (Wildman–Crippen MR) is 172 cm³/mol. The molecule has 222 valence electrons. The van der Waals surface area contributed by atoms with Gasteiger partial charge in [-0.05, 0) is 59.7 Å². The summed E-state index contributed by atoms with van der Waals surface area (Å²) in [6, 6.07) is 27.2. The van der Waals surface area contributed by atoms with Crippen molar-refractivity contribution in [3.8, 4) is 5.75 Å². The molecule has 2 atom stereocenters. The Kier molecular flexibility index (Phi) is 10.2. The number of hydrogen-bond donors (Lipinski definition) is 2. The van der Waals surface area contributed by atoms with Crippen LogP contribution in [0.4, 0.5) is 0 Å². The Morgan fingerprint density at radius 3 is 2.35 bits per heavy atom. The minimum absolute atomic E-state index is 0.0496. The van der Waals surface area contributed by atoms with E-state index in [2.05, 4.69) is 5.32 Å². The van der Waals surface area contributed by atoms with Crippen LogP contribution in [0.25, 0.3) is 0 Å². The van der Waals surface area contributed by atoms with E-state index in [1.165, 1.54) is 0 Å². The fourth-order valence-electron chi connectivity index (χ4n) is 4.87. The van der Waals surface area contributed by atoms with Crippen LogP contribution in [0.3, 0.4) is 0 Å². The summed E-state index contributed by atoms with van der Waals surface area (Å²) < 4.78 is 12.2. The van der Waals surface area contributed by atoms with E-state index in [1.54, 1.807) is 48.5 Å². The molecular weight excluding hydrogens is 630 g/mol. The molecule has 4 aromatic carbocycles. The highest BCUT2D eigenvalue weighted by Crippen LogP contribution is 2.45. The number of nitrogens with one attached hydrogen (secondary N) is 1. The van der Waals surface area contributed by atoms with Crippen LogP contribution in [0, 0.1) is 0 Å². The number of carbonyl (C=O) groups is 1. The smallest absolute Gasteiger partial charge is 0.252 e. The molecule has 10 heteroatoms. The van der Waals surface area contributed by atoms with Crippen molar-refractivity contribution in [2.75, 3.05) is 13.2 Å². The second-order valence-electron chi connectivity index (χ2n) is 10.0. The number of carbonyl (C=O) groups excluding carboxylic acids is 1. The molecule has 43 heavy (non-hydrogen) atoms. The number of ether oxygens (including phenoxy) is 2.